The van der Waals surface area contributed by atoms with Crippen molar-refractivity contribution in [3.05, 3.63) is 57.2 Å². The van der Waals surface area contributed by atoms with E-state index in [1.165, 1.54) is 16.8 Å². The molecule has 30 heavy (non-hydrogen) atoms. The summed E-state index contributed by atoms with van der Waals surface area (Å²) < 4.78 is 15.6. The Morgan fingerprint density at radius 3 is 2.47 bits per heavy atom. The lowest BCUT2D eigenvalue weighted by Gasteiger charge is -2.38. The van der Waals surface area contributed by atoms with Gasteiger partial charge in [0, 0.05) is 45.8 Å². The fourth-order valence-corrected chi connectivity index (χ4v) is 4.47. The van der Waals surface area contributed by atoms with Crippen molar-refractivity contribution in [1.29, 1.82) is 0 Å². The van der Waals surface area contributed by atoms with Crippen LogP contribution in [0.3, 0.4) is 0 Å². The van der Waals surface area contributed by atoms with E-state index in [1.54, 1.807) is 11.9 Å². The number of amides is 2. The molecule has 1 aromatic carbocycles. The third-order valence-corrected chi connectivity index (χ3v) is 6.16. The van der Waals surface area contributed by atoms with E-state index in [4.69, 9.17) is 11.6 Å². The van der Waals surface area contributed by atoms with Gasteiger partial charge in [0.05, 0.1) is 16.6 Å². The monoisotopic (exact) mass is 432 g/mol. The summed E-state index contributed by atoms with van der Waals surface area (Å²) >= 11 is 6.67. The molecule has 2 fully saturated rings. The highest BCUT2D eigenvalue weighted by molar-refractivity contribution is 6.34. The van der Waals surface area contributed by atoms with Crippen molar-refractivity contribution in [1.82, 2.24) is 9.88 Å². The molecule has 4 rings (SSSR count). The number of pyridine rings is 1. The Hall–Kier alpha value is -2.87. The number of imide groups is 1. The fourth-order valence-electron chi connectivity index (χ4n) is 4.09. The second-order valence-corrected chi connectivity index (χ2v) is 7.96. The molecule has 3 heterocycles. The van der Waals surface area contributed by atoms with E-state index >= 15 is 0 Å². The van der Waals surface area contributed by atoms with E-state index in [-0.39, 0.29) is 29.5 Å². The highest BCUT2D eigenvalue weighted by Gasteiger charge is 2.31. The largest absolute Gasteiger partial charge is 0.367 e. The van der Waals surface area contributed by atoms with Crippen LogP contribution in [0.15, 0.2) is 35.3 Å². The Kier molecular flexibility index (Phi) is 5.51. The maximum Gasteiger partial charge on any atom is 0.276 e. The molecule has 1 unspecified atom stereocenters. The summed E-state index contributed by atoms with van der Waals surface area (Å²) in [4.78, 5) is 39.9. The smallest absolute Gasteiger partial charge is 0.276 e. The average molecular weight is 433 g/mol. The normalized spacial score (nSPS) is 19.8. The number of halogens is 2. The van der Waals surface area contributed by atoms with Crippen LogP contribution in [-0.4, -0.2) is 42.6 Å². The van der Waals surface area contributed by atoms with Crippen LogP contribution in [0.1, 0.15) is 24.3 Å². The standard InChI is InChI=1S/C21H22ClFN4O3/c1-25-8-7-15(23)19(21(25)30)27-11-9-26(10-12-27)16-4-2-3-13(18(16)22)14-5-6-17(28)24-20(14)29/h2-4,7-8,14H,5-6,9-12H2,1H3,(H,24,28,29). The van der Waals surface area contributed by atoms with Gasteiger partial charge in [0.25, 0.3) is 5.56 Å². The lowest BCUT2D eigenvalue weighted by atomic mass is 9.90. The molecule has 9 heteroatoms. The van der Waals surface area contributed by atoms with E-state index in [9.17, 15) is 18.8 Å². The fraction of sp³-hybridized carbons (Fsp3) is 0.381. The van der Waals surface area contributed by atoms with E-state index < -0.39 is 11.7 Å². The van der Waals surface area contributed by atoms with E-state index in [0.717, 1.165) is 5.69 Å². The molecule has 0 spiro atoms. The van der Waals surface area contributed by atoms with Crippen LogP contribution in [0.5, 0.6) is 0 Å². The van der Waals surface area contributed by atoms with Crippen molar-refractivity contribution in [3.63, 3.8) is 0 Å². The number of anilines is 2. The first-order valence-corrected chi connectivity index (χ1v) is 10.2. The molecule has 0 saturated carbocycles. The molecule has 7 nitrogen and oxygen atoms in total. The Bertz CT molecular complexity index is 1060. The number of piperidine rings is 1. The van der Waals surface area contributed by atoms with Gasteiger partial charge >= 0.3 is 0 Å². The van der Waals surface area contributed by atoms with Crippen molar-refractivity contribution in [2.75, 3.05) is 36.0 Å². The predicted octanol–water partition coefficient (Wildman–Crippen LogP) is 2.02. The first kappa shape index (κ1) is 20.4. The van der Waals surface area contributed by atoms with Gasteiger partial charge < -0.3 is 14.4 Å². The van der Waals surface area contributed by atoms with Crippen LogP contribution in [-0.2, 0) is 16.6 Å². The Balaban J connectivity index is 1.53. The van der Waals surface area contributed by atoms with Crippen molar-refractivity contribution < 1.29 is 14.0 Å². The van der Waals surface area contributed by atoms with Crippen molar-refractivity contribution >= 4 is 34.8 Å². The Morgan fingerprint density at radius 2 is 1.77 bits per heavy atom. The first-order chi connectivity index (χ1) is 14.4. The zero-order chi connectivity index (χ0) is 21.4. The van der Waals surface area contributed by atoms with Crippen LogP contribution < -0.4 is 20.7 Å². The van der Waals surface area contributed by atoms with Crippen molar-refractivity contribution in [2.24, 2.45) is 7.05 Å². The minimum atomic E-state index is -0.524. The van der Waals surface area contributed by atoms with Gasteiger partial charge in [0.2, 0.25) is 11.8 Å². The SMILES string of the molecule is Cn1ccc(F)c(N2CCN(c3cccc(C4CCC(=O)NC4=O)c3Cl)CC2)c1=O. The van der Waals surface area contributed by atoms with Crippen LogP contribution in [0.4, 0.5) is 15.8 Å². The third-order valence-electron chi connectivity index (χ3n) is 5.75. The van der Waals surface area contributed by atoms with E-state index in [1.807, 2.05) is 18.2 Å². The minimum absolute atomic E-state index is 0.0861. The topological polar surface area (TPSA) is 74.7 Å². The lowest BCUT2D eigenvalue weighted by molar-refractivity contribution is -0.134. The quantitative estimate of drug-likeness (QED) is 0.751. The molecule has 1 atom stereocenters. The molecular weight excluding hydrogens is 411 g/mol. The van der Waals surface area contributed by atoms with Crippen LogP contribution in [0.2, 0.25) is 5.02 Å². The number of carbonyl (C=O) groups excluding carboxylic acids is 2. The number of aromatic nitrogens is 1. The second-order valence-electron chi connectivity index (χ2n) is 7.59. The molecule has 0 aliphatic carbocycles. The molecule has 1 aromatic heterocycles. The maximum atomic E-state index is 14.3. The Labute approximate surface area is 178 Å². The highest BCUT2D eigenvalue weighted by Crippen LogP contribution is 2.37. The van der Waals surface area contributed by atoms with Gasteiger partial charge in [0.1, 0.15) is 5.69 Å². The number of nitrogens with zero attached hydrogens (tertiary/aromatic N) is 3. The molecule has 0 radical (unpaired) electrons. The number of carbonyl (C=O) groups is 2. The van der Waals surface area contributed by atoms with Gasteiger partial charge in [0.15, 0.2) is 5.82 Å². The summed E-state index contributed by atoms with van der Waals surface area (Å²) in [7, 11) is 1.60. The van der Waals surface area contributed by atoms with Crippen LogP contribution in [0.25, 0.3) is 0 Å². The van der Waals surface area contributed by atoms with E-state index in [2.05, 4.69) is 10.2 Å². The highest BCUT2D eigenvalue weighted by atomic mass is 35.5. The van der Waals surface area contributed by atoms with E-state index in [0.29, 0.717) is 43.2 Å². The number of hydrogen-bond acceptors (Lipinski definition) is 5. The van der Waals surface area contributed by atoms with Gasteiger partial charge in [-0.2, -0.15) is 0 Å². The number of rotatable bonds is 3. The summed E-state index contributed by atoms with van der Waals surface area (Å²) in [5.41, 5.74) is 1.22. The molecule has 2 amide bonds. The van der Waals surface area contributed by atoms with Gasteiger partial charge in [-0.05, 0) is 24.1 Å². The van der Waals surface area contributed by atoms with Crippen molar-refractivity contribution in [2.45, 2.75) is 18.8 Å². The summed E-state index contributed by atoms with van der Waals surface area (Å²) in [5.74, 6) is -1.58. The zero-order valence-corrected chi connectivity index (χ0v) is 17.3. The molecule has 2 aliphatic heterocycles. The molecule has 2 aromatic rings. The van der Waals surface area contributed by atoms with Gasteiger partial charge in [-0.15, -0.1) is 0 Å². The summed E-state index contributed by atoms with van der Waals surface area (Å²) in [6, 6.07) is 6.84. The number of hydrogen-bond donors (Lipinski definition) is 1. The number of nitrogens with one attached hydrogen (secondary N) is 1. The summed E-state index contributed by atoms with van der Waals surface area (Å²) in [6.07, 6.45) is 2.13. The third kappa shape index (κ3) is 3.67. The minimum Gasteiger partial charge on any atom is -0.367 e. The molecule has 2 aliphatic rings. The predicted molar refractivity (Wildman–Crippen MR) is 113 cm³/mol. The molecule has 158 valence electrons. The molecule has 1 N–H and O–H groups in total. The summed E-state index contributed by atoms with van der Waals surface area (Å²) in [5, 5.41) is 2.86. The second kappa shape index (κ2) is 8.10. The first-order valence-electron chi connectivity index (χ1n) is 9.84. The van der Waals surface area contributed by atoms with Gasteiger partial charge in [-0.3, -0.25) is 19.7 Å². The van der Waals surface area contributed by atoms with Crippen molar-refractivity contribution in [3.8, 4) is 0 Å². The Morgan fingerprint density at radius 1 is 1.07 bits per heavy atom. The number of aryl methyl sites for hydroxylation is 1. The van der Waals surface area contributed by atoms with Gasteiger partial charge in [-0.25, -0.2) is 4.39 Å². The van der Waals surface area contributed by atoms with Crippen LogP contribution in [0, 0.1) is 5.82 Å². The molecular formula is C21H22ClFN4O3. The zero-order valence-electron chi connectivity index (χ0n) is 16.5. The molecule has 0 bridgehead atoms. The molecule has 2 saturated heterocycles. The number of piperazine rings is 1. The van der Waals surface area contributed by atoms with Crippen LogP contribution >= 0.6 is 11.6 Å². The average Bonchev–Trinajstić information content (AvgIpc) is 2.72. The lowest BCUT2D eigenvalue weighted by Crippen LogP contribution is -2.49. The summed E-state index contributed by atoms with van der Waals surface area (Å²) in [6.45, 7) is 2.04. The maximum absolute atomic E-state index is 14.3. The van der Waals surface area contributed by atoms with Gasteiger partial charge in [-0.1, -0.05) is 23.7 Å². The number of benzene rings is 1.